The Hall–Kier alpha value is -1.25. The summed E-state index contributed by atoms with van der Waals surface area (Å²) in [5.41, 5.74) is 1.18. The highest BCUT2D eigenvalue weighted by Crippen LogP contribution is 2.35. The van der Waals surface area contributed by atoms with Crippen LogP contribution < -0.4 is 0 Å². The Kier molecular flexibility index (Phi) is 1.31. The Morgan fingerprint density at radius 1 is 1.38 bits per heavy atom. The molecule has 0 unspecified atom stereocenters. The van der Waals surface area contributed by atoms with Gasteiger partial charge in [-0.1, -0.05) is 0 Å². The van der Waals surface area contributed by atoms with Gasteiger partial charge in [-0.2, -0.15) is 0 Å². The number of carbonyl (C=O) groups is 1. The second-order valence-corrected chi connectivity index (χ2v) is 3.77. The fourth-order valence-electron chi connectivity index (χ4n) is 2.26. The van der Waals surface area contributed by atoms with Gasteiger partial charge in [-0.15, -0.1) is 0 Å². The molecule has 0 aromatic carbocycles. The maximum absolute atomic E-state index is 11.3. The summed E-state index contributed by atoms with van der Waals surface area (Å²) in [6, 6.07) is 1.96. The van der Waals surface area contributed by atoms with Crippen LogP contribution >= 0.6 is 0 Å². The minimum atomic E-state index is -0.0307. The molecule has 1 aliphatic heterocycles. The summed E-state index contributed by atoms with van der Waals surface area (Å²) in [5.74, 6) is 1.45. The third-order valence-corrected chi connectivity index (χ3v) is 3.04. The summed E-state index contributed by atoms with van der Waals surface area (Å²) < 4.78 is 10.4. The fraction of sp³-hybridized carbons (Fsp3) is 0.500. The van der Waals surface area contributed by atoms with Gasteiger partial charge in [-0.25, -0.2) is 0 Å². The standard InChI is InChI=1S/C10H10O3/c11-10-8-3-6-1-2-12-9(6)4-7(8)5-13-10/h1-2,7-8H,3-5H2/t7-,8-/m0/s1. The molecule has 2 atom stereocenters. The van der Waals surface area contributed by atoms with Crippen molar-refractivity contribution in [2.75, 3.05) is 6.61 Å². The largest absolute Gasteiger partial charge is 0.469 e. The summed E-state index contributed by atoms with van der Waals surface area (Å²) in [4.78, 5) is 11.3. The first-order valence-electron chi connectivity index (χ1n) is 4.56. The van der Waals surface area contributed by atoms with Crippen molar-refractivity contribution < 1.29 is 13.9 Å². The lowest BCUT2D eigenvalue weighted by atomic mass is 9.81. The van der Waals surface area contributed by atoms with E-state index in [2.05, 4.69) is 0 Å². The van der Waals surface area contributed by atoms with Crippen LogP contribution in [0.4, 0.5) is 0 Å². The van der Waals surface area contributed by atoms with E-state index >= 15 is 0 Å². The number of esters is 1. The van der Waals surface area contributed by atoms with E-state index in [-0.39, 0.29) is 11.9 Å². The third kappa shape index (κ3) is 0.930. The second kappa shape index (κ2) is 2.37. The number of fused-ring (bicyclic) bond motifs is 2. The average Bonchev–Trinajstić information content (AvgIpc) is 2.70. The van der Waals surface area contributed by atoms with Crippen LogP contribution in [0.5, 0.6) is 0 Å². The fourth-order valence-corrected chi connectivity index (χ4v) is 2.26. The molecule has 3 heteroatoms. The van der Waals surface area contributed by atoms with Crippen molar-refractivity contribution >= 4 is 5.97 Å². The van der Waals surface area contributed by atoms with Crippen LogP contribution in [0.25, 0.3) is 0 Å². The number of rotatable bonds is 0. The van der Waals surface area contributed by atoms with E-state index in [9.17, 15) is 4.79 Å². The summed E-state index contributed by atoms with van der Waals surface area (Å²) in [6.45, 7) is 0.573. The molecule has 1 aromatic heterocycles. The van der Waals surface area contributed by atoms with Crippen molar-refractivity contribution in [3.05, 3.63) is 23.7 Å². The quantitative estimate of drug-likeness (QED) is 0.560. The van der Waals surface area contributed by atoms with Crippen molar-refractivity contribution in [3.63, 3.8) is 0 Å². The molecule has 0 radical (unpaired) electrons. The van der Waals surface area contributed by atoms with Crippen LogP contribution in [0.3, 0.4) is 0 Å². The number of cyclic esters (lactones) is 1. The summed E-state index contributed by atoms with van der Waals surface area (Å²) in [7, 11) is 0. The van der Waals surface area contributed by atoms with E-state index in [4.69, 9.17) is 9.15 Å². The first-order valence-corrected chi connectivity index (χ1v) is 4.56. The lowest BCUT2D eigenvalue weighted by Gasteiger charge is -2.19. The van der Waals surface area contributed by atoms with E-state index in [0.717, 1.165) is 18.6 Å². The first kappa shape index (κ1) is 7.18. The molecule has 2 heterocycles. The molecule has 2 aliphatic rings. The molecule has 0 saturated carbocycles. The van der Waals surface area contributed by atoms with Crippen LogP contribution in [-0.2, 0) is 22.4 Å². The van der Waals surface area contributed by atoms with E-state index in [0.29, 0.717) is 12.5 Å². The van der Waals surface area contributed by atoms with E-state index < -0.39 is 0 Å². The van der Waals surface area contributed by atoms with Gasteiger partial charge in [0.05, 0.1) is 18.8 Å². The third-order valence-electron chi connectivity index (χ3n) is 3.04. The molecule has 68 valence electrons. The lowest BCUT2D eigenvalue weighted by molar-refractivity contribution is -0.141. The maximum atomic E-state index is 11.3. The first-order chi connectivity index (χ1) is 6.34. The summed E-state index contributed by atoms with van der Waals surface area (Å²) in [6.07, 6.45) is 3.37. The summed E-state index contributed by atoms with van der Waals surface area (Å²) in [5, 5.41) is 0. The van der Waals surface area contributed by atoms with Crippen LogP contribution in [0, 0.1) is 11.8 Å². The highest BCUT2D eigenvalue weighted by molar-refractivity contribution is 5.75. The number of hydrogen-bond acceptors (Lipinski definition) is 3. The maximum Gasteiger partial charge on any atom is 0.309 e. The van der Waals surface area contributed by atoms with E-state index in [1.54, 1.807) is 6.26 Å². The number of furan rings is 1. The molecule has 1 aromatic rings. The lowest BCUT2D eigenvalue weighted by Crippen LogP contribution is -2.25. The minimum absolute atomic E-state index is 0.0307. The van der Waals surface area contributed by atoms with Crippen LogP contribution in [-0.4, -0.2) is 12.6 Å². The summed E-state index contributed by atoms with van der Waals surface area (Å²) >= 11 is 0. The highest BCUT2D eigenvalue weighted by Gasteiger charge is 2.41. The van der Waals surface area contributed by atoms with Gasteiger partial charge in [-0.05, 0) is 18.1 Å². The zero-order chi connectivity index (χ0) is 8.84. The topological polar surface area (TPSA) is 39.4 Å². The molecule has 1 fully saturated rings. The van der Waals surface area contributed by atoms with Crippen molar-refractivity contribution in [1.82, 2.24) is 0 Å². The van der Waals surface area contributed by atoms with Gasteiger partial charge in [0.1, 0.15) is 5.76 Å². The Balaban J connectivity index is 1.98. The second-order valence-electron chi connectivity index (χ2n) is 3.77. The molecule has 0 bridgehead atoms. The predicted molar refractivity (Wildman–Crippen MR) is 44.1 cm³/mol. The zero-order valence-corrected chi connectivity index (χ0v) is 7.16. The molecule has 1 aliphatic carbocycles. The van der Waals surface area contributed by atoms with Crippen molar-refractivity contribution in [2.45, 2.75) is 12.8 Å². The molecule has 0 N–H and O–H groups in total. The van der Waals surface area contributed by atoms with Gasteiger partial charge in [0.2, 0.25) is 0 Å². The minimum Gasteiger partial charge on any atom is -0.469 e. The van der Waals surface area contributed by atoms with Gasteiger partial charge in [0.15, 0.2) is 0 Å². The van der Waals surface area contributed by atoms with E-state index in [1.165, 1.54) is 5.56 Å². The molecule has 0 amide bonds. The van der Waals surface area contributed by atoms with Crippen LogP contribution in [0.15, 0.2) is 16.7 Å². The molecule has 3 rings (SSSR count). The van der Waals surface area contributed by atoms with Gasteiger partial charge < -0.3 is 9.15 Å². The predicted octanol–water partition coefficient (Wildman–Crippen LogP) is 1.17. The Bertz CT molecular complexity index is 353. The average molecular weight is 178 g/mol. The molecule has 0 spiro atoms. The number of carbonyl (C=O) groups excluding carboxylic acids is 1. The normalized spacial score (nSPS) is 30.9. The molecule has 1 saturated heterocycles. The van der Waals surface area contributed by atoms with Gasteiger partial charge in [-0.3, -0.25) is 4.79 Å². The number of ether oxygens (including phenoxy) is 1. The smallest absolute Gasteiger partial charge is 0.309 e. The van der Waals surface area contributed by atoms with Gasteiger partial charge >= 0.3 is 5.97 Å². The number of hydrogen-bond donors (Lipinski definition) is 0. The molecule has 13 heavy (non-hydrogen) atoms. The SMILES string of the molecule is O=C1OC[C@@H]2Cc3occc3C[C@H]12. The highest BCUT2D eigenvalue weighted by atomic mass is 16.5. The molecule has 3 nitrogen and oxygen atoms in total. The van der Waals surface area contributed by atoms with Crippen molar-refractivity contribution in [2.24, 2.45) is 11.8 Å². The van der Waals surface area contributed by atoms with Crippen molar-refractivity contribution in [3.8, 4) is 0 Å². The Morgan fingerprint density at radius 3 is 3.23 bits per heavy atom. The monoisotopic (exact) mass is 178 g/mol. The van der Waals surface area contributed by atoms with Crippen LogP contribution in [0.1, 0.15) is 11.3 Å². The van der Waals surface area contributed by atoms with Gasteiger partial charge in [0.25, 0.3) is 0 Å². The zero-order valence-electron chi connectivity index (χ0n) is 7.16. The van der Waals surface area contributed by atoms with E-state index in [1.807, 2.05) is 6.07 Å². The Morgan fingerprint density at radius 2 is 2.31 bits per heavy atom. The van der Waals surface area contributed by atoms with Crippen LogP contribution in [0.2, 0.25) is 0 Å². The van der Waals surface area contributed by atoms with Crippen molar-refractivity contribution in [1.29, 1.82) is 0 Å². The molecular weight excluding hydrogens is 168 g/mol. The molecular formula is C10H10O3. The Labute approximate surface area is 75.7 Å². The van der Waals surface area contributed by atoms with Gasteiger partial charge in [0, 0.05) is 12.3 Å².